The van der Waals surface area contributed by atoms with Gasteiger partial charge in [-0.05, 0) is 32.1 Å². The second kappa shape index (κ2) is 68.6. The van der Waals surface area contributed by atoms with Crippen LogP contribution in [0.2, 0.25) is 0 Å². The molecule has 0 rings (SSSR count). The Morgan fingerprint density at radius 3 is 0.795 bits per heavy atom. The van der Waals surface area contributed by atoms with Crippen LogP contribution in [0.25, 0.3) is 0 Å². The first-order valence-corrected chi connectivity index (χ1v) is 33.8. The van der Waals surface area contributed by atoms with Gasteiger partial charge in [-0.3, -0.25) is 9.59 Å². The van der Waals surface area contributed by atoms with Gasteiger partial charge < -0.3 is 14.6 Å². The van der Waals surface area contributed by atoms with E-state index >= 15 is 0 Å². The van der Waals surface area contributed by atoms with Crippen LogP contribution in [0.1, 0.15) is 406 Å². The van der Waals surface area contributed by atoms with Crippen LogP contribution in [0.5, 0.6) is 0 Å². The number of hydrogen-bond donors (Lipinski definition) is 1. The molecule has 73 heavy (non-hydrogen) atoms. The number of carboxylic acids is 1. The van der Waals surface area contributed by atoms with Crippen LogP contribution >= 0.6 is 0 Å². The number of carbonyl (C=O) groups is 3. The fourth-order valence-corrected chi connectivity index (χ4v) is 10.7. The van der Waals surface area contributed by atoms with Crippen molar-refractivity contribution in [1.29, 1.82) is 0 Å². The minimum Gasteiger partial charge on any atom is -0.481 e. The maximum atomic E-state index is 11.7. The zero-order chi connectivity index (χ0) is 53.3. The minimum absolute atomic E-state index is 0.0160. The molecule has 0 aromatic carbocycles. The molecular weight excluding hydrogens is 897 g/mol. The molecule has 0 aliphatic rings. The molecule has 0 radical (unpaired) electrons. The Morgan fingerprint density at radius 2 is 0.534 bits per heavy atom. The monoisotopic (exact) mass is 1030 g/mol. The van der Waals surface area contributed by atoms with Gasteiger partial charge in [0, 0.05) is 12.8 Å². The predicted octanol–water partition coefficient (Wildman–Crippen LogP) is 23.9. The number of unbranched alkanes of at least 4 members (excludes halogenated alkanes) is 53. The van der Waals surface area contributed by atoms with Crippen molar-refractivity contribution >= 4 is 18.2 Å². The van der Waals surface area contributed by atoms with E-state index in [4.69, 9.17) is 4.74 Å². The van der Waals surface area contributed by atoms with Gasteiger partial charge in [-0.1, -0.05) is 361 Å². The highest BCUT2D eigenvalue weighted by Gasteiger charge is 2.16. The van der Waals surface area contributed by atoms with Gasteiger partial charge in [-0.15, -0.1) is 0 Å². The number of carbonyl (C=O) groups excluding carboxylic acids is 2. The maximum absolute atomic E-state index is 11.7. The third-order valence-electron chi connectivity index (χ3n) is 15.9. The van der Waals surface area contributed by atoms with E-state index in [1.165, 1.54) is 327 Å². The maximum Gasteiger partial charge on any atom is 0.306 e. The third kappa shape index (κ3) is 68.6. The molecule has 0 aromatic heterocycles. The van der Waals surface area contributed by atoms with Gasteiger partial charge in [0.25, 0.3) is 0 Å². The lowest BCUT2D eigenvalue weighted by Gasteiger charge is -2.12. The molecule has 1 atom stereocenters. The highest BCUT2D eigenvalue weighted by Crippen LogP contribution is 2.21. The molecule has 5 heteroatoms. The number of aliphatic carboxylic acids is 1. The quantitative estimate of drug-likeness (QED) is 0.0373. The first-order valence-electron chi connectivity index (χ1n) is 33.8. The molecule has 0 aromatic rings. The number of ether oxygens (including phenoxy) is 1. The number of hydrogen-bond acceptors (Lipinski definition) is 4. The molecule has 0 saturated heterocycles. The molecule has 0 saturated carbocycles. The molecule has 0 spiro atoms. The van der Waals surface area contributed by atoms with E-state index < -0.39 is 5.97 Å². The summed E-state index contributed by atoms with van der Waals surface area (Å²) in [6, 6.07) is 0. The van der Waals surface area contributed by atoms with Gasteiger partial charge in [0.1, 0.15) is 6.29 Å². The number of carboxylic acid groups (broad SMARTS) is 1. The summed E-state index contributed by atoms with van der Waals surface area (Å²) in [5.74, 6) is -0.676. The summed E-state index contributed by atoms with van der Waals surface area (Å²) in [5, 5.41) is 9.35. The molecule has 0 aliphatic carbocycles. The number of aldehydes is 1. The molecule has 0 heterocycles. The van der Waals surface area contributed by atoms with E-state index in [1.807, 2.05) is 0 Å². The van der Waals surface area contributed by atoms with E-state index in [0.29, 0.717) is 13.0 Å². The summed E-state index contributed by atoms with van der Waals surface area (Å²) in [6.45, 7) is 7.35. The molecule has 0 bridgehead atoms. The van der Waals surface area contributed by atoms with Crippen molar-refractivity contribution in [2.45, 2.75) is 406 Å². The summed E-state index contributed by atoms with van der Waals surface area (Å²) in [4.78, 5) is 33.3. The summed E-state index contributed by atoms with van der Waals surface area (Å²) in [7, 11) is 0. The van der Waals surface area contributed by atoms with Gasteiger partial charge in [-0.25, -0.2) is 0 Å². The van der Waals surface area contributed by atoms with Crippen molar-refractivity contribution in [2.75, 3.05) is 6.61 Å². The number of esters is 1. The molecule has 0 amide bonds. The summed E-state index contributed by atoms with van der Waals surface area (Å²) in [5.41, 5.74) is 0. The van der Waals surface area contributed by atoms with E-state index in [-0.39, 0.29) is 11.9 Å². The van der Waals surface area contributed by atoms with Crippen molar-refractivity contribution in [3.8, 4) is 0 Å². The lowest BCUT2D eigenvalue weighted by Crippen LogP contribution is -2.13. The SMILES string of the molecule is CCCCCCC(CCCCCCCCCCCCCCCCCC=O)C(=O)O.CCCCCCCCCCCCCCCCCCCCCCCCCCCCCCCCCCOC(=O)CCCCCCC. The fourth-order valence-electron chi connectivity index (χ4n) is 10.7. The lowest BCUT2D eigenvalue weighted by molar-refractivity contribution is -0.144. The molecule has 0 fully saturated rings. The molecular formula is C68H134O5. The van der Waals surface area contributed by atoms with Crippen molar-refractivity contribution in [3.05, 3.63) is 0 Å². The lowest BCUT2D eigenvalue weighted by atomic mass is 9.94. The average Bonchev–Trinajstić information content (AvgIpc) is 3.39. The standard InChI is InChI=1S/C42H84O2.C26H50O3/c1-3-5-7-9-10-11-12-13-14-15-16-17-18-19-20-21-22-23-24-25-26-27-28-29-30-31-32-33-34-35-37-39-41-44-42(43)40-38-36-8-6-4-2;1-2-3-4-19-22-25(26(28)29)23-20-17-15-13-11-9-7-5-6-8-10-12-14-16-18-21-24-27/h3-41H2,1-2H3;24-25H,2-23H2,1H3,(H,28,29). The van der Waals surface area contributed by atoms with Gasteiger partial charge in [0.2, 0.25) is 0 Å². The van der Waals surface area contributed by atoms with Gasteiger partial charge in [0.15, 0.2) is 0 Å². The topological polar surface area (TPSA) is 80.7 Å². The van der Waals surface area contributed by atoms with Gasteiger partial charge >= 0.3 is 11.9 Å². The normalized spacial score (nSPS) is 11.7. The molecule has 0 aliphatic heterocycles. The Kier molecular flexibility index (Phi) is 69.3. The fraction of sp³-hybridized carbons (Fsp3) is 0.956. The van der Waals surface area contributed by atoms with Crippen LogP contribution in [-0.2, 0) is 19.1 Å². The first kappa shape index (κ1) is 73.7. The summed E-state index contributed by atoms with van der Waals surface area (Å²) < 4.78 is 5.38. The third-order valence-corrected chi connectivity index (χ3v) is 15.9. The highest BCUT2D eigenvalue weighted by atomic mass is 16.5. The Hall–Kier alpha value is -1.39. The summed E-state index contributed by atoms with van der Waals surface area (Å²) >= 11 is 0. The Balaban J connectivity index is 0. The molecule has 1 unspecified atom stereocenters. The molecule has 1 N–H and O–H groups in total. The van der Waals surface area contributed by atoms with E-state index in [2.05, 4.69) is 20.8 Å². The molecule has 5 nitrogen and oxygen atoms in total. The largest absolute Gasteiger partial charge is 0.481 e. The van der Waals surface area contributed by atoms with Crippen molar-refractivity contribution in [1.82, 2.24) is 0 Å². The van der Waals surface area contributed by atoms with Crippen molar-refractivity contribution < 1.29 is 24.2 Å². The second-order valence-corrected chi connectivity index (χ2v) is 23.3. The van der Waals surface area contributed by atoms with Gasteiger partial charge in [0.05, 0.1) is 12.5 Å². The van der Waals surface area contributed by atoms with E-state index in [0.717, 1.165) is 57.7 Å². The van der Waals surface area contributed by atoms with Crippen LogP contribution in [-0.4, -0.2) is 29.9 Å². The van der Waals surface area contributed by atoms with Crippen LogP contribution in [0.4, 0.5) is 0 Å². The van der Waals surface area contributed by atoms with Crippen LogP contribution in [0.15, 0.2) is 0 Å². The molecule has 436 valence electrons. The van der Waals surface area contributed by atoms with Gasteiger partial charge in [-0.2, -0.15) is 0 Å². The van der Waals surface area contributed by atoms with E-state index in [9.17, 15) is 19.5 Å². The summed E-state index contributed by atoms with van der Waals surface area (Å²) in [6.07, 6.45) is 80.0. The van der Waals surface area contributed by atoms with Crippen LogP contribution < -0.4 is 0 Å². The highest BCUT2D eigenvalue weighted by molar-refractivity contribution is 5.70. The minimum atomic E-state index is -0.584. The predicted molar refractivity (Wildman–Crippen MR) is 322 cm³/mol. The Bertz CT molecular complexity index is 1030. The Morgan fingerprint density at radius 1 is 0.315 bits per heavy atom. The zero-order valence-corrected chi connectivity index (χ0v) is 50.4. The zero-order valence-electron chi connectivity index (χ0n) is 50.4. The Labute approximate surface area is 459 Å². The smallest absolute Gasteiger partial charge is 0.306 e. The van der Waals surface area contributed by atoms with Crippen molar-refractivity contribution in [3.63, 3.8) is 0 Å². The number of rotatable bonds is 63. The van der Waals surface area contributed by atoms with Crippen LogP contribution in [0.3, 0.4) is 0 Å². The van der Waals surface area contributed by atoms with Crippen molar-refractivity contribution in [2.24, 2.45) is 5.92 Å². The first-order chi connectivity index (χ1) is 36.0. The van der Waals surface area contributed by atoms with E-state index in [1.54, 1.807) is 0 Å². The average molecular weight is 1030 g/mol. The van der Waals surface area contributed by atoms with Crippen LogP contribution in [0, 0.1) is 5.92 Å². The second-order valence-electron chi connectivity index (χ2n) is 23.3.